The molecule has 2 amide bonds. The number of nitrogens with zero attached hydrogens (tertiary/aromatic N) is 2. The van der Waals surface area contributed by atoms with E-state index in [0.717, 1.165) is 19.4 Å². The molecule has 0 aromatic rings. The molecule has 2 bridgehead atoms. The van der Waals surface area contributed by atoms with Gasteiger partial charge in [0, 0.05) is 25.2 Å². The van der Waals surface area contributed by atoms with Crippen LogP contribution in [0, 0.1) is 0 Å². The standard InChI is InChI=1S/C14H23N3O2/c1-3-17(12-8-13(18)16(2)14(12)19)11-6-9-4-5-10(7-11)15-9/h9-12,15H,3-8H2,1-2H3. The first kappa shape index (κ1) is 13.1. The van der Waals surface area contributed by atoms with Crippen LogP contribution < -0.4 is 5.32 Å². The second-order valence-corrected chi connectivity index (χ2v) is 6.10. The van der Waals surface area contributed by atoms with Gasteiger partial charge in [-0.3, -0.25) is 19.4 Å². The molecule has 0 saturated carbocycles. The van der Waals surface area contributed by atoms with Gasteiger partial charge in [-0.05, 0) is 32.2 Å². The lowest BCUT2D eigenvalue weighted by molar-refractivity contribution is -0.138. The Morgan fingerprint density at radius 2 is 1.89 bits per heavy atom. The number of likely N-dealkylation sites (tertiary alicyclic amines) is 1. The molecular formula is C14H23N3O2. The zero-order chi connectivity index (χ0) is 13.6. The number of likely N-dealkylation sites (N-methyl/N-ethyl adjacent to an activating group) is 2. The van der Waals surface area contributed by atoms with Gasteiger partial charge in [-0.25, -0.2) is 0 Å². The second kappa shape index (κ2) is 4.87. The molecule has 1 N–H and O–H groups in total. The Balaban J connectivity index is 1.74. The molecule has 0 aliphatic carbocycles. The van der Waals surface area contributed by atoms with Gasteiger partial charge < -0.3 is 5.32 Å². The predicted octanol–water partition coefficient (Wildman–Crippen LogP) is 0.349. The summed E-state index contributed by atoms with van der Waals surface area (Å²) >= 11 is 0. The molecule has 3 heterocycles. The highest BCUT2D eigenvalue weighted by Crippen LogP contribution is 2.32. The summed E-state index contributed by atoms with van der Waals surface area (Å²) in [6, 6.07) is 1.47. The van der Waals surface area contributed by atoms with Crippen LogP contribution in [0.5, 0.6) is 0 Å². The maximum absolute atomic E-state index is 12.2. The predicted molar refractivity (Wildman–Crippen MR) is 71.5 cm³/mol. The zero-order valence-electron chi connectivity index (χ0n) is 11.8. The molecule has 3 aliphatic heterocycles. The molecule has 3 unspecified atom stereocenters. The average Bonchev–Trinajstić information content (AvgIpc) is 2.86. The minimum atomic E-state index is -0.218. The molecule has 3 atom stereocenters. The van der Waals surface area contributed by atoms with Crippen molar-refractivity contribution in [3.05, 3.63) is 0 Å². The zero-order valence-corrected chi connectivity index (χ0v) is 11.8. The SMILES string of the molecule is CCN(C1CC2CCC(C1)N2)C1CC(=O)N(C)C1=O. The lowest BCUT2D eigenvalue weighted by Gasteiger charge is -2.39. The number of rotatable bonds is 3. The summed E-state index contributed by atoms with van der Waals surface area (Å²) < 4.78 is 0. The molecule has 0 aromatic heterocycles. The molecule has 3 fully saturated rings. The quantitative estimate of drug-likeness (QED) is 0.748. The van der Waals surface area contributed by atoms with Crippen molar-refractivity contribution in [3.8, 4) is 0 Å². The van der Waals surface area contributed by atoms with Crippen molar-refractivity contribution in [2.75, 3.05) is 13.6 Å². The third-order valence-electron chi connectivity index (χ3n) is 5.04. The molecule has 0 aromatic carbocycles. The maximum atomic E-state index is 12.2. The van der Waals surface area contributed by atoms with Crippen molar-refractivity contribution >= 4 is 11.8 Å². The highest BCUT2D eigenvalue weighted by atomic mass is 16.2. The Morgan fingerprint density at radius 3 is 2.37 bits per heavy atom. The first-order valence-corrected chi connectivity index (χ1v) is 7.42. The monoisotopic (exact) mass is 265 g/mol. The van der Waals surface area contributed by atoms with Gasteiger partial charge in [0.2, 0.25) is 11.8 Å². The lowest BCUT2D eigenvalue weighted by Crippen LogP contribution is -2.53. The van der Waals surface area contributed by atoms with Gasteiger partial charge in [0.15, 0.2) is 0 Å². The summed E-state index contributed by atoms with van der Waals surface area (Å²) in [4.78, 5) is 27.5. The lowest BCUT2D eigenvalue weighted by atomic mass is 9.96. The largest absolute Gasteiger partial charge is 0.311 e. The highest BCUT2D eigenvalue weighted by molar-refractivity contribution is 6.05. The Morgan fingerprint density at radius 1 is 1.26 bits per heavy atom. The fourth-order valence-corrected chi connectivity index (χ4v) is 4.03. The summed E-state index contributed by atoms with van der Waals surface area (Å²) in [5.41, 5.74) is 0. The molecule has 5 heteroatoms. The fraction of sp³-hybridized carbons (Fsp3) is 0.857. The molecule has 0 radical (unpaired) electrons. The fourth-order valence-electron chi connectivity index (χ4n) is 4.03. The van der Waals surface area contributed by atoms with Gasteiger partial charge in [0.1, 0.15) is 0 Å². The number of fused-ring (bicyclic) bond motifs is 2. The third-order valence-corrected chi connectivity index (χ3v) is 5.04. The minimum Gasteiger partial charge on any atom is -0.311 e. The van der Waals surface area contributed by atoms with Gasteiger partial charge in [-0.15, -0.1) is 0 Å². The Hall–Kier alpha value is -0.940. The van der Waals surface area contributed by atoms with Gasteiger partial charge in [-0.2, -0.15) is 0 Å². The van der Waals surface area contributed by atoms with Crippen LogP contribution in [0.25, 0.3) is 0 Å². The van der Waals surface area contributed by atoms with E-state index in [1.807, 2.05) is 0 Å². The maximum Gasteiger partial charge on any atom is 0.246 e. The summed E-state index contributed by atoms with van der Waals surface area (Å²) in [6.45, 7) is 2.95. The van der Waals surface area contributed by atoms with E-state index < -0.39 is 0 Å². The molecule has 3 saturated heterocycles. The number of hydrogen-bond acceptors (Lipinski definition) is 4. The number of hydrogen-bond donors (Lipinski definition) is 1. The van der Waals surface area contributed by atoms with Crippen molar-refractivity contribution < 1.29 is 9.59 Å². The first-order valence-electron chi connectivity index (χ1n) is 7.42. The normalized spacial score (nSPS) is 38.6. The van der Waals surface area contributed by atoms with E-state index in [0.29, 0.717) is 24.5 Å². The molecule has 3 aliphatic rings. The summed E-state index contributed by atoms with van der Waals surface area (Å²) in [5, 5.41) is 3.63. The van der Waals surface area contributed by atoms with Crippen molar-refractivity contribution in [1.29, 1.82) is 0 Å². The van der Waals surface area contributed by atoms with E-state index in [1.54, 1.807) is 7.05 Å². The number of amides is 2. The van der Waals surface area contributed by atoms with E-state index >= 15 is 0 Å². The first-order chi connectivity index (χ1) is 9.10. The van der Waals surface area contributed by atoms with Crippen LogP contribution in [0.1, 0.15) is 39.0 Å². The van der Waals surface area contributed by atoms with E-state index in [9.17, 15) is 9.59 Å². The Kier molecular flexibility index (Phi) is 3.35. The van der Waals surface area contributed by atoms with Crippen LogP contribution in [0.4, 0.5) is 0 Å². The topological polar surface area (TPSA) is 52.7 Å². The number of carbonyl (C=O) groups is 2. The highest BCUT2D eigenvalue weighted by Gasteiger charge is 2.44. The van der Waals surface area contributed by atoms with Crippen molar-refractivity contribution in [3.63, 3.8) is 0 Å². The van der Waals surface area contributed by atoms with E-state index in [2.05, 4.69) is 17.1 Å². The van der Waals surface area contributed by atoms with Crippen LogP contribution in [-0.4, -0.2) is 59.4 Å². The number of imide groups is 1. The van der Waals surface area contributed by atoms with Crippen molar-refractivity contribution in [1.82, 2.24) is 15.1 Å². The van der Waals surface area contributed by atoms with Crippen LogP contribution in [0.2, 0.25) is 0 Å². The van der Waals surface area contributed by atoms with Gasteiger partial charge >= 0.3 is 0 Å². The molecule has 106 valence electrons. The van der Waals surface area contributed by atoms with Gasteiger partial charge in [-0.1, -0.05) is 6.92 Å². The van der Waals surface area contributed by atoms with Gasteiger partial charge in [0.25, 0.3) is 0 Å². The van der Waals surface area contributed by atoms with Gasteiger partial charge in [0.05, 0.1) is 12.5 Å². The summed E-state index contributed by atoms with van der Waals surface area (Å²) in [5.74, 6) is -0.0527. The van der Waals surface area contributed by atoms with Crippen molar-refractivity contribution in [2.45, 2.75) is 63.2 Å². The molecule has 3 rings (SSSR count). The van der Waals surface area contributed by atoms with Crippen molar-refractivity contribution in [2.24, 2.45) is 0 Å². The molecular weight excluding hydrogens is 242 g/mol. The van der Waals surface area contributed by atoms with E-state index in [-0.39, 0.29) is 17.9 Å². The van der Waals surface area contributed by atoms with E-state index in [1.165, 1.54) is 17.7 Å². The molecule has 19 heavy (non-hydrogen) atoms. The smallest absolute Gasteiger partial charge is 0.246 e. The third kappa shape index (κ3) is 2.19. The van der Waals surface area contributed by atoms with E-state index in [4.69, 9.17) is 0 Å². The summed E-state index contributed by atoms with van der Waals surface area (Å²) in [7, 11) is 1.60. The molecule has 5 nitrogen and oxygen atoms in total. The Bertz CT molecular complexity index is 386. The van der Waals surface area contributed by atoms with Crippen LogP contribution in [0.15, 0.2) is 0 Å². The number of nitrogens with one attached hydrogen (secondary N) is 1. The number of carbonyl (C=O) groups excluding carboxylic acids is 2. The second-order valence-electron chi connectivity index (χ2n) is 6.10. The van der Waals surface area contributed by atoms with Crippen LogP contribution in [-0.2, 0) is 9.59 Å². The van der Waals surface area contributed by atoms with Crippen LogP contribution >= 0.6 is 0 Å². The average molecular weight is 265 g/mol. The number of piperidine rings is 1. The Labute approximate surface area is 114 Å². The molecule has 0 spiro atoms. The van der Waals surface area contributed by atoms with Crippen LogP contribution in [0.3, 0.4) is 0 Å². The minimum absolute atomic E-state index is 0.0160. The summed E-state index contributed by atoms with van der Waals surface area (Å²) in [6.07, 6.45) is 5.12.